The van der Waals surface area contributed by atoms with E-state index in [1.165, 1.54) is 0 Å². The topological polar surface area (TPSA) is 59.1 Å². The lowest BCUT2D eigenvalue weighted by Crippen LogP contribution is -2.44. The van der Waals surface area contributed by atoms with E-state index in [1.54, 1.807) is 9.80 Å². The van der Waals surface area contributed by atoms with E-state index < -0.39 is 16.6 Å². The fraction of sp³-hybridized carbons (Fsp3) is 0.481. The van der Waals surface area contributed by atoms with Crippen LogP contribution in [0.25, 0.3) is 0 Å². The van der Waals surface area contributed by atoms with Crippen LogP contribution in [0, 0.1) is 0 Å². The van der Waals surface area contributed by atoms with Crippen LogP contribution < -0.4 is 9.80 Å². The van der Waals surface area contributed by atoms with Crippen molar-refractivity contribution in [2.24, 2.45) is 0 Å². The molecule has 2 aromatic rings. The Morgan fingerprint density at radius 2 is 1.06 bits per heavy atom. The number of fused-ring (bicyclic) bond motifs is 2. The average molecular weight is 449 g/mol. The highest BCUT2D eigenvalue weighted by molar-refractivity contribution is 6.08. The van der Waals surface area contributed by atoms with E-state index in [2.05, 4.69) is 0 Å². The number of rotatable bonds is 4. The summed E-state index contributed by atoms with van der Waals surface area (Å²) in [6, 6.07) is 15.9. The number of amides is 2. The SMILES string of the molecule is CN1C(=O)[C@](C)(C[C@@H]2OC(C)(C)O[C@H]2C[C@@]2(C)C(=O)N(C)c3ccccc32)c2ccccc21. The second-order valence-corrected chi connectivity index (χ2v) is 10.5. The summed E-state index contributed by atoms with van der Waals surface area (Å²) in [5.74, 6) is -0.671. The summed E-state index contributed by atoms with van der Waals surface area (Å²) in [6.45, 7) is 7.79. The fourth-order valence-corrected chi connectivity index (χ4v) is 6.11. The van der Waals surface area contributed by atoms with E-state index in [0.717, 1.165) is 22.5 Å². The summed E-state index contributed by atoms with van der Waals surface area (Å²) >= 11 is 0. The Morgan fingerprint density at radius 1 is 0.697 bits per heavy atom. The summed E-state index contributed by atoms with van der Waals surface area (Å²) in [4.78, 5) is 30.2. The van der Waals surface area contributed by atoms with Crippen LogP contribution >= 0.6 is 0 Å². The monoisotopic (exact) mass is 448 g/mol. The lowest BCUT2D eigenvalue weighted by atomic mass is 9.74. The second kappa shape index (κ2) is 7.15. The molecule has 0 saturated carbocycles. The maximum absolute atomic E-state index is 13.4. The summed E-state index contributed by atoms with van der Waals surface area (Å²) in [5.41, 5.74) is 2.47. The lowest BCUT2D eigenvalue weighted by molar-refractivity contribution is -0.151. The van der Waals surface area contributed by atoms with Gasteiger partial charge >= 0.3 is 0 Å². The molecule has 2 amide bonds. The number of likely N-dealkylation sites (N-methyl/N-ethyl adjacent to an activating group) is 2. The van der Waals surface area contributed by atoms with Crippen LogP contribution in [0.5, 0.6) is 0 Å². The first-order valence-electron chi connectivity index (χ1n) is 11.6. The highest BCUT2D eigenvalue weighted by atomic mass is 16.7. The Morgan fingerprint density at radius 3 is 1.45 bits per heavy atom. The molecule has 33 heavy (non-hydrogen) atoms. The summed E-state index contributed by atoms with van der Waals surface area (Å²) in [6.07, 6.45) is 0.332. The molecule has 0 unspecified atom stereocenters. The number of para-hydroxylation sites is 2. The van der Waals surface area contributed by atoms with E-state index in [4.69, 9.17) is 9.47 Å². The van der Waals surface area contributed by atoms with Crippen molar-refractivity contribution in [1.29, 1.82) is 0 Å². The van der Waals surface area contributed by atoms with E-state index in [1.807, 2.05) is 90.3 Å². The van der Waals surface area contributed by atoms with Gasteiger partial charge < -0.3 is 19.3 Å². The number of anilines is 2. The minimum Gasteiger partial charge on any atom is -0.345 e. The first kappa shape index (κ1) is 22.1. The minimum atomic E-state index is -0.789. The fourth-order valence-electron chi connectivity index (χ4n) is 6.11. The standard InChI is InChI=1S/C27H32N2O4/c1-25(2)32-21(15-26(3)17-11-7-9-13-19(17)28(5)23(26)30)22(33-25)16-27(4)18-12-8-10-14-20(18)29(6)24(27)31/h7-14,21-22H,15-16H2,1-6H3/t21-,22-,26+,27+/m0/s1. The summed E-state index contributed by atoms with van der Waals surface area (Å²) < 4.78 is 12.7. The van der Waals surface area contributed by atoms with Gasteiger partial charge in [0.2, 0.25) is 11.8 Å². The molecule has 0 N–H and O–H groups in total. The molecule has 0 radical (unpaired) electrons. The van der Waals surface area contributed by atoms with Crippen molar-refractivity contribution < 1.29 is 19.1 Å². The average Bonchev–Trinajstić information content (AvgIpc) is 3.25. The number of carbonyl (C=O) groups is 2. The van der Waals surface area contributed by atoms with Crippen LogP contribution in [0.1, 0.15) is 51.7 Å². The number of carbonyl (C=O) groups excluding carboxylic acids is 2. The summed E-state index contributed by atoms with van der Waals surface area (Å²) in [5, 5.41) is 0. The zero-order chi connectivity index (χ0) is 23.8. The molecule has 3 heterocycles. The van der Waals surface area contributed by atoms with Crippen LogP contribution in [0.4, 0.5) is 11.4 Å². The van der Waals surface area contributed by atoms with Gasteiger partial charge in [-0.05, 0) is 63.8 Å². The van der Waals surface area contributed by atoms with Gasteiger partial charge in [-0.3, -0.25) is 9.59 Å². The molecule has 6 heteroatoms. The van der Waals surface area contributed by atoms with Crippen molar-refractivity contribution in [3.05, 3.63) is 59.7 Å². The van der Waals surface area contributed by atoms with Gasteiger partial charge in [0.1, 0.15) is 0 Å². The van der Waals surface area contributed by atoms with Crippen molar-refractivity contribution in [3.63, 3.8) is 0 Å². The molecule has 1 fully saturated rings. The molecule has 5 rings (SSSR count). The Labute approximate surface area is 195 Å². The van der Waals surface area contributed by atoms with Gasteiger partial charge in [-0.2, -0.15) is 0 Å². The van der Waals surface area contributed by atoms with Gasteiger partial charge in [0, 0.05) is 25.5 Å². The number of benzene rings is 2. The Kier molecular flexibility index (Phi) is 4.79. The smallest absolute Gasteiger partial charge is 0.237 e. The van der Waals surface area contributed by atoms with Crippen LogP contribution in [-0.4, -0.2) is 43.9 Å². The predicted octanol–water partition coefficient (Wildman–Crippen LogP) is 4.16. The van der Waals surface area contributed by atoms with Gasteiger partial charge in [0.15, 0.2) is 5.79 Å². The first-order chi connectivity index (χ1) is 15.5. The van der Waals surface area contributed by atoms with Crippen LogP contribution in [0.3, 0.4) is 0 Å². The van der Waals surface area contributed by atoms with E-state index in [-0.39, 0.29) is 24.0 Å². The quantitative estimate of drug-likeness (QED) is 0.705. The van der Waals surface area contributed by atoms with Gasteiger partial charge in [-0.25, -0.2) is 0 Å². The molecule has 0 bridgehead atoms. The van der Waals surface area contributed by atoms with Crippen LogP contribution in [0.2, 0.25) is 0 Å². The van der Waals surface area contributed by atoms with Gasteiger partial charge in [0.25, 0.3) is 0 Å². The highest BCUT2D eigenvalue weighted by Crippen LogP contribution is 2.50. The molecule has 3 aliphatic heterocycles. The number of nitrogens with zero attached hydrogens (tertiary/aromatic N) is 2. The molecule has 0 aliphatic carbocycles. The molecule has 174 valence electrons. The molecule has 0 aromatic heterocycles. The Hall–Kier alpha value is -2.70. The maximum Gasteiger partial charge on any atom is 0.237 e. The van der Waals surface area contributed by atoms with Crippen molar-refractivity contribution >= 4 is 23.2 Å². The molecule has 3 aliphatic rings. The van der Waals surface area contributed by atoms with Crippen LogP contribution in [-0.2, 0) is 29.9 Å². The zero-order valence-corrected chi connectivity index (χ0v) is 20.2. The zero-order valence-electron chi connectivity index (χ0n) is 20.2. The molecule has 4 atom stereocenters. The molecular formula is C27H32N2O4. The summed E-state index contributed by atoms with van der Waals surface area (Å²) in [7, 11) is 3.65. The third-order valence-corrected chi connectivity index (χ3v) is 7.78. The number of hydrogen-bond donors (Lipinski definition) is 0. The third kappa shape index (κ3) is 3.15. The molecule has 1 saturated heterocycles. The third-order valence-electron chi connectivity index (χ3n) is 7.78. The first-order valence-corrected chi connectivity index (χ1v) is 11.6. The van der Waals surface area contributed by atoms with Crippen molar-refractivity contribution in [2.45, 2.75) is 69.4 Å². The van der Waals surface area contributed by atoms with E-state index in [0.29, 0.717) is 12.8 Å². The molecule has 6 nitrogen and oxygen atoms in total. The maximum atomic E-state index is 13.4. The lowest BCUT2D eigenvalue weighted by Gasteiger charge is -2.31. The number of hydrogen-bond acceptors (Lipinski definition) is 4. The van der Waals surface area contributed by atoms with E-state index in [9.17, 15) is 9.59 Å². The minimum absolute atomic E-state index is 0.0592. The van der Waals surface area contributed by atoms with E-state index >= 15 is 0 Å². The normalized spacial score (nSPS) is 32.4. The van der Waals surface area contributed by atoms with Crippen molar-refractivity contribution in [3.8, 4) is 0 Å². The molecule has 2 aromatic carbocycles. The molecule has 0 spiro atoms. The van der Waals surface area contributed by atoms with Crippen molar-refractivity contribution in [2.75, 3.05) is 23.9 Å². The van der Waals surface area contributed by atoms with Crippen LogP contribution in [0.15, 0.2) is 48.5 Å². The van der Waals surface area contributed by atoms with Gasteiger partial charge in [-0.15, -0.1) is 0 Å². The Bertz CT molecular complexity index is 1060. The largest absolute Gasteiger partial charge is 0.345 e. The van der Waals surface area contributed by atoms with Crippen molar-refractivity contribution in [1.82, 2.24) is 0 Å². The van der Waals surface area contributed by atoms with Gasteiger partial charge in [0.05, 0.1) is 23.0 Å². The predicted molar refractivity (Wildman–Crippen MR) is 127 cm³/mol. The highest BCUT2D eigenvalue weighted by Gasteiger charge is 2.55. The number of ether oxygens (including phenoxy) is 2. The molecular weight excluding hydrogens is 416 g/mol. The second-order valence-electron chi connectivity index (χ2n) is 10.5. The van der Waals surface area contributed by atoms with Gasteiger partial charge in [-0.1, -0.05) is 36.4 Å². The Balaban J connectivity index is 1.48.